The lowest BCUT2D eigenvalue weighted by atomic mass is 10.1. The summed E-state index contributed by atoms with van der Waals surface area (Å²) in [5, 5.41) is 8.92. The van der Waals surface area contributed by atoms with Gasteiger partial charge in [-0.1, -0.05) is 0 Å². The first-order valence-corrected chi connectivity index (χ1v) is 6.11. The number of aromatic nitrogens is 2. The molecule has 0 saturated heterocycles. The van der Waals surface area contributed by atoms with E-state index in [1.165, 1.54) is 6.07 Å². The van der Waals surface area contributed by atoms with Crippen molar-refractivity contribution in [2.45, 2.75) is 6.42 Å². The van der Waals surface area contributed by atoms with Crippen LogP contribution in [0.1, 0.15) is 5.82 Å². The van der Waals surface area contributed by atoms with Crippen molar-refractivity contribution in [3.8, 4) is 11.3 Å². The summed E-state index contributed by atoms with van der Waals surface area (Å²) < 4.78 is 28.4. The molecule has 18 heavy (non-hydrogen) atoms. The molecular formula is C12H11BrF2N2O. The zero-order valence-electron chi connectivity index (χ0n) is 9.62. The smallest absolute Gasteiger partial charge is 0.159 e. The Balaban J connectivity index is 2.53. The molecular weight excluding hydrogens is 306 g/mol. The first-order chi connectivity index (χ1) is 8.54. The summed E-state index contributed by atoms with van der Waals surface area (Å²) in [6.45, 7) is -0.0193. The normalized spacial score (nSPS) is 10.9. The Morgan fingerprint density at radius 3 is 2.67 bits per heavy atom. The summed E-state index contributed by atoms with van der Waals surface area (Å²) in [7, 11) is 1.76. The molecule has 0 spiro atoms. The van der Waals surface area contributed by atoms with Crippen LogP contribution in [0.2, 0.25) is 0 Å². The molecule has 0 amide bonds. The molecule has 3 nitrogen and oxygen atoms in total. The van der Waals surface area contributed by atoms with Crippen molar-refractivity contribution in [1.82, 2.24) is 9.55 Å². The van der Waals surface area contributed by atoms with Crippen LogP contribution in [0.15, 0.2) is 22.8 Å². The molecule has 0 aliphatic heterocycles. The Kier molecular flexibility index (Phi) is 3.77. The molecule has 1 N–H and O–H groups in total. The van der Waals surface area contributed by atoms with Crippen molar-refractivity contribution in [2.75, 3.05) is 6.61 Å². The maximum atomic E-state index is 13.2. The van der Waals surface area contributed by atoms with Gasteiger partial charge < -0.3 is 9.67 Å². The molecule has 0 aliphatic carbocycles. The fourth-order valence-corrected chi connectivity index (χ4v) is 2.49. The second kappa shape index (κ2) is 5.16. The first kappa shape index (κ1) is 13.2. The molecule has 0 atom stereocenters. The second-order valence-electron chi connectivity index (χ2n) is 3.83. The minimum absolute atomic E-state index is 0.0193. The average Bonchev–Trinajstić information content (AvgIpc) is 2.59. The number of hydrogen-bond donors (Lipinski definition) is 1. The Bertz CT molecular complexity index is 584. The fourth-order valence-electron chi connectivity index (χ4n) is 1.79. The van der Waals surface area contributed by atoms with Crippen molar-refractivity contribution >= 4 is 15.9 Å². The van der Waals surface area contributed by atoms with Gasteiger partial charge in [-0.05, 0) is 34.1 Å². The lowest BCUT2D eigenvalue weighted by Crippen LogP contribution is -2.02. The second-order valence-corrected chi connectivity index (χ2v) is 4.58. The van der Waals surface area contributed by atoms with Crippen LogP contribution in [0.25, 0.3) is 11.3 Å². The molecule has 0 unspecified atom stereocenters. The first-order valence-electron chi connectivity index (χ1n) is 5.32. The van der Waals surface area contributed by atoms with E-state index in [1.54, 1.807) is 11.6 Å². The number of rotatable bonds is 3. The van der Waals surface area contributed by atoms with E-state index in [9.17, 15) is 8.78 Å². The van der Waals surface area contributed by atoms with E-state index in [2.05, 4.69) is 20.9 Å². The van der Waals surface area contributed by atoms with Gasteiger partial charge in [-0.15, -0.1) is 0 Å². The van der Waals surface area contributed by atoms with Gasteiger partial charge in [0.1, 0.15) is 10.4 Å². The van der Waals surface area contributed by atoms with Crippen LogP contribution in [0.4, 0.5) is 8.78 Å². The van der Waals surface area contributed by atoms with Gasteiger partial charge in [-0.3, -0.25) is 0 Å². The summed E-state index contributed by atoms with van der Waals surface area (Å²) in [6.07, 6.45) is 0.402. The summed E-state index contributed by atoms with van der Waals surface area (Å²) in [5.41, 5.74) is 1.18. The SMILES string of the molecule is Cn1c(CCO)nc(Br)c1-c1ccc(F)c(F)c1. The molecule has 1 aromatic heterocycles. The third-order valence-electron chi connectivity index (χ3n) is 2.67. The molecule has 0 fully saturated rings. The van der Waals surface area contributed by atoms with Crippen molar-refractivity contribution in [3.63, 3.8) is 0 Å². The Morgan fingerprint density at radius 2 is 2.06 bits per heavy atom. The van der Waals surface area contributed by atoms with E-state index in [1.807, 2.05) is 0 Å². The molecule has 0 saturated carbocycles. The molecule has 2 aromatic rings. The van der Waals surface area contributed by atoms with E-state index < -0.39 is 11.6 Å². The van der Waals surface area contributed by atoms with Crippen molar-refractivity contribution < 1.29 is 13.9 Å². The maximum absolute atomic E-state index is 13.2. The lowest BCUT2D eigenvalue weighted by molar-refractivity contribution is 0.295. The molecule has 2 rings (SSSR count). The average molecular weight is 317 g/mol. The standard InChI is InChI=1S/C12H11BrF2N2O/c1-17-10(4-5-18)16-12(13)11(17)7-2-3-8(14)9(15)6-7/h2-3,6,18H,4-5H2,1H3. The summed E-state index contributed by atoms with van der Waals surface area (Å²) in [4.78, 5) is 4.23. The monoisotopic (exact) mass is 316 g/mol. The fraction of sp³-hybridized carbons (Fsp3) is 0.250. The highest BCUT2D eigenvalue weighted by molar-refractivity contribution is 9.10. The number of imidazole rings is 1. The predicted octanol–water partition coefficient (Wildman–Crippen LogP) is 2.66. The van der Waals surface area contributed by atoms with E-state index in [0.29, 0.717) is 28.1 Å². The number of benzene rings is 1. The number of halogens is 3. The topological polar surface area (TPSA) is 38.0 Å². The van der Waals surface area contributed by atoms with Crippen LogP contribution in [0.5, 0.6) is 0 Å². The number of nitrogens with zero attached hydrogens (tertiary/aromatic N) is 2. The summed E-state index contributed by atoms with van der Waals surface area (Å²) in [6, 6.07) is 3.69. The molecule has 0 radical (unpaired) electrons. The largest absolute Gasteiger partial charge is 0.396 e. The summed E-state index contributed by atoms with van der Waals surface area (Å²) in [5.74, 6) is -1.11. The highest BCUT2D eigenvalue weighted by Crippen LogP contribution is 2.29. The predicted molar refractivity (Wildman–Crippen MR) is 67.0 cm³/mol. The van der Waals surface area contributed by atoms with E-state index >= 15 is 0 Å². The lowest BCUT2D eigenvalue weighted by Gasteiger charge is -2.06. The van der Waals surface area contributed by atoms with Gasteiger partial charge in [0.15, 0.2) is 11.6 Å². The van der Waals surface area contributed by atoms with Gasteiger partial charge in [0.25, 0.3) is 0 Å². The maximum Gasteiger partial charge on any atom is 0.159 e. The third kappa shape index (κ3) is 2.30. The molecule has 1 heterocycles. The van der Waals surface area contributed by atoms with Crippen LogP contribution in [0.3, 0.4) is 0 Å². The molecule has 96 valence electrons. The quantitative estimate of drug-likeness (QED) is 0.945. The van der Waals surface area contributed by atoms with Crippen LogP contribution >= 0.6 is 15.9 Å². The zero-order chi connectivity index (χ0) is 13.3. The molecule has 1 aromatic carbocycles. The highest BCUT2D eigenvalue weighted by atomic mass is 79.9. The van der Waals surface area contributed by atoms with Gasteiger partial charge in [0.05, 0.1) is 12.3 Å². The van der Waals surface area contributed by atoms with Gasteiger partial charge in [-0.2, -0.15) is 0 Å². The van der Waals surface area contributed by atoms with Crippen LogP contribution in [-0.2, 0) is 13.5 Å². The van der Waals surface area contributed by atoms with Gasteiger partial charge in [-0.25, -0.2) is 13.8 Å². The van der Waals surface area contributed by atoms with Gasteiger partial charge >= 0.3 is 0 Å². The van der Waals surface area contributed by atoms with E-state index in [-0.39, 0.29) is 6.61 Å². The van der Waals surface area contributed by atoms with Gasteiger partial charge in [0, 0.05) is 19.0 Å². The zero-order valence-corrected chi connectivity index (χ0v) is 11.2. The van der Waals surface area contributed by atoms with Crippen LogP contribution in [-0.4, -0.2) is 21.3 Å². The highest BCUT2D eigenvalue weighted by Gasteiger charge is 2.15. The molecule has 0 aliphatic rings. The van der Waals surface area contributed by atoms with Crippen LogP contribution in [0, 0.1) is 11.6 Å². The minimum atomic E-state index is -0.899. The van der Waals surface area contributed by atoms with Crippen molar-refractivity contribution in [2.24, 2.45) is 7.05 Å². The van der Waals surface area contributed by atoms with Crippen molar-refractivity contribution in [1.29, 1.82) is 0 Å². The summed E-state index contributed by atoms with van der Waals surface area (Å²) >= 11 is 3.29. The van der Waals surface area contributed by atoms with Gasteiger partial charge in [0.2, 0.25) is 0 Å². The van der Waals surface area contributed by atoms with Crippen molar-refractivity contribution in [3.05, 3.63) is 40.3 Å². The molecule has 6 heteroatoms. The number of hydrogen-bond acceptors (Lipinski definition) is 2. The third-order valence-corrected chi connectivity index (χ3v) is 3.23. The minimum Gasteiger partial charge on any atom is -0.396 e. The Morgan fingerprint density at radius 1 is 1.33 bits per heavy atom. The number of aliphatic hydroxyl groups is 1. The molecule has 0 bridgehead atoms. The Labute approximate surface area is 111 Å². The van der Waals surface area contributed by atoms with E-state index in [0.717, 1.165) is 12.1 Å². The van der Waals surface area contributed by atoms with Crippen LogP contribution < -0.4 is 0 Å². The number of aliphatic hydroxyl groups excluding tert-OH is 1. The van der Waals surface area contributed by atoms with E-state index in [4.69, 9.17) is 5.11 Å². The Hall–Kier alpha value is -1.27.